The van der Waals surface area contributed by atoms with Gasteiger partial charge in [0.15, 0.2) is 0 Å². The van der Waals surface area contributed by atoms with E-state index < -0.39 is 0 Å². The molecule has 0 unspecified atom stereocenters. The van der Waals surface area contributed by atoms with Gasteiger partial charge in [0, 0.05) is 12.6 Å². The predicted octanol–water partition coefficient (Wildman–Crippen LogP) is 3.60. The smallest absolute Gasteiger partial charge is 0.270 e. The van der Waals surface area contributed by atoms with Crippen molar-refractivity contribution in [2.24, 2.45) is 5.92 Å². The lowest BCUT2D eigenvalue weighted by atomic mass is 10.1. The summed E-state index contributed by atoms with van der Waals surface area (Å²) in [5, 5.41) is 6.43. The van der Waals surface area contributed by atoms with Crippen LogP contribution in [0.2, 0.25) is 0 Å². The van der Waals surface area contributed by atoms with E-state index in [4.69, 9.17) is 0 Å². The zero-order valence-electron chi connectivity index (χ0n) is 13.2. The van der Waals surface area contributed by atoms with E-state index in [0.29, 0.717) is 17.7 Å². The summed E-state index contributed by atoms with van der Waals surface area (Å²) in [6.45, 7) is 5.24. The van der Waals surface area contributed by atoms with Gasteiger partial charge in [-0.2, -0.15) is 0 Å². The van der Waals surface area contributed by atoms with Crippen molar-refractivity contribution in [3.8, 4) is 0 Å². The van der Waals surface area contributed by atoms with Gasteiger partial charge in [0.1, 0.15) is 5.69 Å². The van der Waals surface area contributed by atoms with Crippen molar-refractivity contribution in [1.29, 1.82) is 0 Å². The molecule has 0 radical (unpaired) electrons. The molecule has 1 heterocycles. The zero-order valence-corrected chi connectivity index (χ0v) is 13.2. The Morgan fingerprint density at radius 1 is 1.24 bits per heavy atom. The van der Waals surface area contributed by atoms with Crippen LogP contribution in [0.3, 0.4) is 0 Å². The minimum absolute atomic E-state index is 0.0442. The largest absolute Gasteiger partial charge is 0.384 e. The van der Waals surface area contributed by atoms with Gasteiger partial charge in [-0.3, -0.25) is 4.79 Å². The first-order chi connectivity index (χ1) is 10.1. The van der Waals surface area contributed by atoms with Crippen molar-refractivity contribution in [3.05, 3.63) is 24.0 Å². The lowest BCUT2D eigenvalue weighted by Crippen LogP contribution is -2.34. The zero-order chi connectivity index (χ0) is 15.1. The van der Waals surface area contributed by atoms with Crippen LogP contribution in [-0.4, -0.2) is 23.5 Å². The summed E-state index contributed by atoms with van der Waals surface area (Å²) < 4.78 is 0. The summed E-state index contributed by atoms with van der Waals surface area (Å²) in [5.74, 6) is 0.542. The molecule has 4 heteroatoms. The first-order valence-electron chi connectivity index (χ1n) is 8.16. The van der Waals surface area contributed by atoms with Crippen LogP contribution >= 0.6 is 0 Å². The third-order valence-corrected chi connectivity index (χ3v) is 3.90. The molecule has 1 fully saturated rings. The molecule has 0 spiro atoms. The van der Waals surface area contributed by atoms with Gasteiger partial charge in [-0.25, -0.2) is 4.98 Å². The maximum absolute atomic E-state index is 12.2. The Balaban J connectivity index is 1.86. The maximum atomic E-state index is 12.2. The fourth-order valence-corrected chi connectivity index (χ4v) is 2.64. The highest BCUT2D eigenvalue weighted by molar-refractivity contribution is 5.92. The van der Waals surface area contributed by atoms with Crippen LogP contribution in [0.25, 0.3) is 0 Å². The molecule has 1 aromatic rings. The molecule has 0 atom stereocenters. The summed E-state index contributed by atoms with van der Waals surface area (Å²) in [4.78, 5) is 16.5. The number of hydrogen-bond acceptors (Lipinski definition) is 3. The van der Waals surface area contributed by atoms with Crippen LogP contribution < -0.4 is 10.6 Å². The predicted molar refractivity (Wildman–Crippen MR) is 86.5 cm³/mol. The SMILES string of the molecule is CC(C)CNc1ccc(C(=O)NC2CCCCCC2)nc1. The van der Waals surface area contributed by atoms with Crippen LogP contribution in [-0.2, 0) is 0 Å². The van der Waals surface area contributed by atoms with Crippen molar-refractivity contribution < 1.29 is 4.79 Å². The Hall–Kier alpha value is -1.58. The molecule has 0 aliphatic heterocycles. The topological polar surface area (TPSA) is 54.0 Å². The number of anilines is 1. The number of amides is 1. The van der Waals surface area contributed by atoms with Gasteiger partial charge in [-0.15, -0.1) is 0 Å². The first-order valence-corrected chi connectivity index (χ1v) is 8.16. The quantitative estimate of drug-likeness (QED) is 0.814. The molecule has 21 heavy (non-hydrogen) atoms. The van der Waals surface area contributed by atoms with Crippen molar-refractivity contribution in [2.45, 2.75) is 58.4 Å². The Morgan fingerprint density at radius 2 is 1.95 bits per heavy atom. The molecule has 2 rings (SSSR count). The lowest BCUT2D eigenvalue weighted by molar-refractivity contribution is 0.0928. The molecule has 1 aliphatic carbocycles. The van der Waals surface area contributed by atoms with Gasteiger partial charge in [-0.05, 0) is 30.9 Å². The van der Waals surface area contributed by atoms with Crippen LogP contribution in [0.1, 0.15) is 62.9 Å². The summed E-state index contributed by atoms with van der Waals surface area (Å²) in [5.41, 5.74) is 1.48. The van der Waals surface area contributed by atoms with Crippen molar-refractivity contribution in [1.82, 2.24) is 10.3 Å². The van der Waals surface area contributed by atoms with Crippen LogP contribution in [0, 0.1) is 5.92 Å². The standard InChI is InChI=1S/C17H27N3O/c1-13(2)11-18-15-9-10-16(19-12-15)17(21)20-14-7-5-3-4-6-8-14/h9-10,12-14,18H,3-8,11H2,1-2H3,(H,20,21). The highest BCUT2D eigenvalue weighted by atomic mass is 16.1. The average Bonchev–Trinajstić information content (AvgIpc) is 2.74. The molecule has 0 bridgehead atoms. The van der Waals surface area contributed by atoms with E-state index in [0.717, 1.165) is 25.1 Å². The van der Waals surface area contributed by atoms with Crippen molar-refractivity contribution in [2.75, 3.05) is 11.9 Å². The Bertz CT molecular complexity index is 434. The van der Waals surface area contributed by atoms with Crippen molar-refractivity contribution >= 4 is 11.6 Å². The molecule has 4 nitrogen and oxygen atoms in total. The number of nitrogens with one attached hydrogen (secondary N) is 2. The number of hydrogen-bond donors (Lipinski definition) is 2. The highest BCUT2D eigenvalue weighted by Crippen LogP contribution is 2.17. The van der Waals surface area contributed by atoms with Crippen LogP contribution in [0.15, 0.2) is 18.3 Å². The number of rotatable bonds is 5. The van der Waals surface area contributed by atoms with Gasteiger partial charge >= 0.3 is 0 Å². The summed E-state index contributed by atoms with van der Waals surface area (Å²) >= 11 is 0. The number of nitrogens with zero attached hydrogens (tertiary/aromatic N) is 1. The minimum Gasteiger partial charge on any atom is -0.384 e. The van der Waals surface area contributed by atoms with E-state index in [2.05, 4.69) is 29.5 Å². The highest BCUT2D eigenvalue weighted by Gasteiger charge is 2.16. The van der Waals surface area contributed by atoms with Crippen LogP contribution in [0.4, 0.5) is 5.69 Å². The summed E-state index contributed by atoms with van der Waals surface area (Å²) in [6, 6.07) is 4.05. The number of pyridine rings is 1. The second-order valence-corrected chi connectivity index (χ2v) is 6.37. The molecular formula is C17H27N3O. The molecule has 2 N–H and O–H groups in total. The average molecular weight is 289 g/mol. The molecule has 1 amide bonds. The van der Waals surface area contributed by atoms with Gasteiger partial charge in [0.05, 0.1) is 11.9 Å². The summed E-state index contributed by atoms with van der Waals surface area (Å²) in [6.07, 6.45) is 8.96. The van der Waals surface area contributed by atoms with Gasteiger partial charge in [0.25, 0.3) is 5.91 Å². The molecule has 116 valence electrons. The fraction of sp³-hybridized carbons (Fsp3) is 0.647. The third kappa shape index (κ3) is 5.37. The first kappa shape index (κ1) is 15.8. The van der Waals surface area contributed by atoms with E-state index in [1.807, 2.05) is 6.07 Å². The Morgan fingerprint density at radius 3 is 2.52 bits per heavy atom. The maximum Gasteiger partial charge on any atom is 0.270 e. The second kappa shape index (κ2) is 8.01. The van der Waals surface area contributed by atoms with Gasteiger partial charge in [-0.1, -0.05) is 39.5 Å². The Kier molecular flexibility index (Phi) is 6.03. The fourth-order valence-electron chi connectivity index (χ4n) is 2.64. The van der Waals surface area contributed by atoms with E-state index in [9.17, 15) is 4.79 Å². The molecular weight excluding hydrogens is 262 g/mol. The van der Waals surface area contributed by atoms with Gasteiger partial charge < -0.3 is 10.6 Å². The number of carbonyl (C=O) groups excluding carboxylic acids is 1. The normalized spacial score (nSPS) is 16.5. The second-order valence-electron chi connectivity index (χ2n) is 6.37. The van der Waals surface area contributed by atoms with Crippen molar-refractivity contribution in [3.63, 3.8) is 0 Å². The van der Waals surface area contributed by atoms with Gasteiger partial charge in [0.2, 0.25) is 0 Å². The third-order valence-electron chi connectivity index (χ3n) is 3.90. The molecule has 1 aliphatic rings. The van der Waals surface area contributed by atoms with E-state index in [1.165, 1.54) is 25.7 Å². The van der Waals surface area contributed by atoms with E-state index in [-0.39, 0.29) is 5.91 Å². The summed E-state index contributed by atoms with van der Waals surface area (Å²) in [7, 11) is 0. The number of carbonyl (C=O) groups is 1. The number of aromatic nitrogens is 1. The molecule has 1 aromatic heterocycles. The lowest BCUT2D eigenvalue weighted by Gasteiger charge is -2.16. The van der Waals surface area contributed by atoms with E-state index >= 15 is 0 Å². The van der Waals surface area contributed by atoms with E-state index in [1.54, 1.807) is 12.3 Å². The molecule has 1 saturated carbocycles. The Labute approximate surface area is 127 Å². The van der Waals surface area contributed by atoms with Crippen LogP contribution in [0.5, 0.6) is 0 Å². The minimum atomic E-state index is -0.0442. The monoisotopic (exact) mass is 289 g/mol. The molecule has 0 saturated heterocycles. The molecule has 0 aromatic carbocycles.